The predicted octanol–water partition coefficient (Wildman–Crippen LogP) is 8.23. The zero-order valence-electron chi connectivity index (χ0n) is 20.4. The highest BCUT2D eigenvalue weighted by Gasteiger charge is 2.34. The summed E-state index contributed by atoms with van der Waals surface area (Å²) in [7, 11) is 0. The van der Waals surface area contributed by atoms with Gasteiger partial charge in [0.15, 0.2) is 0 Å². The van der Waals surface area contributed by atoms with E-state index in [1.54, 1.807) is 12.1 Å². The summed E-state index contributed by atoms with van der Waals surface area (Å²) in [6.45, 7) is 5.45. The molecule has 2 aromatic rings. The minimum Gasteiger partial charge on any atom is -0.374 e. The van der Waals surface area contributed by atoms with E-state index in [1.165, 1.54) is 43.7 Å². The van der Waals surface area contributed by atoms with Crippen LogP contribution in [0.15, 0.2) is 42.5 Å². The maximum atomic E-state index is 13.8. The Balaban J connectivity index is 1.42. The second kappa shape index (κ2) is 11.7. The Bertz CT molecular complexity index is 903. The number of halogens is 3. The first-order valence-corrected chi connectivity index (χ1v) is 13.1. The number of benzene rings is 2. The highest BCUT2D eigenvalue weighted by atomic mass is 19.4. The molecule has 2 aliphatic rings. The Hall–Kier alpha value is -1.85. The van der Waals surface area contributed by atoms with Crippen molar-refractivity contribution in [2.24, 2.45) is 5.92 Å². The minimum absolute atomic E-state index is 0.0215. The fourth-order valence-corrected chi connectivity index (χ4v) is 5.55. The van der Waals surface area contributed by atoms with E-state index in [0.717, 1.165) is 56.8 Å². The van der Waals surface area contributed by atoms with Crippen LogP contribution in [0.25, 0.3) is 11.1 Å². The Kier molecular flexibility index (Phi) is 8.70. The van der Waals surface area contributed by atoms with Crippen molar-refractivity contribution >= 4 is 0 Å². The van der Waals surface area contributed by atoms with Crippen LogP contribution in [0.3, 0.4) is 0 Å². The molecule has 186 valence electrons. The summed E-state index contributed by atoms with van der Waals surface area (Å²) < 4.78 is 47.2. The minimum atomic E-state index is -4.40. The Morgan fingerprint density at radius 2 is 1.62 bits per heavy atom. The monoisotopic (exact) mass is 473 g/mol. The van der Waals surface area contributed by atoms with E-state index in [0.29, 0.717) is 5.56 Å². The van der Waals surface area contributed by atoms with Gasteiger partial charge in [0, 0.05) is 6.54 Å². The van der Waals surface area contributed by atoms with Crippen LogP contribution in [-0.4, -0.2) is 24.1 Å². The first-order chi connectivity index (χ1) is 16.4. The molecule has 1 saturated carbocycles. The fourth-order valence-electron chi connectivity index (χ4n) is 5.55. The van der Waals surface area contributed by atoms with Crippen LogP contribution >= 0.6 is 0 Å². The molecule has 0 amide bonds. The first kappa shape index (κ1) is 25.2. The van der Waals surface area contributed by atoms with Gasteiger partial charge in [-0.15, -0.1) is 0 Å². The normalized spacial score (nSPS) is 20.5. The molecule has 1 aliphatic heterocycles. The zero-order chi connectivity index (χ0) is 24.0. The van der Waals surface area contributed by atoms with E-state index in [2.05, 4.69) is 24.0 Å². The largest absolute Gasteiger partial charge is 0.416 e. The molecule has 4 rings (SSSR count). The molecule has 1 heterocycles. The van der Waals surface area contributed by atoms with Crippen LogP contribution < -0.4 is 0 Å². The highest BCUT2D eigenvalue weighted by molar-refractivity contribution is 5.65. The molecule has 1 unspecified atom stereocenters. The molecular weight excluding hydrogens is 435 g/mol. The molecule has 0 bridgehead atoms. The number of rotatable bonds is 8. The van der Waals surface area contributed by atoms with Gasteiger partial charge >= 0.3 is 6.18 Å². The summed E-state index contributed by atoms with van der Waals surface area (Å²) in [6, 6.07) is 12.7. The summed E-state index contributed by atoms with van der Waals surface area (Å²) in [4.78, 5) is 2.52. The number of likely N-dealkylation sites (tertiary alicyclic amines) is 1. The van der Waals surface area contributed by atoms with Gasteiger partial charge in [0.05, 0.1) is 18.3 Å². The molecule has 0 spiro atoms. The van der Waals surface area contributed by atoms with Gasteiger partial charge in [-0.25, -0.2) is 0 Å². The van der Waals surface area contributed by atoms with Crippen molar-refractivity contribution in [3.63, 3.8) is 0 Å². The summed E-state index contributed by atoms with van der Waals surface area (Å²) >= 11 is 0. The lowest BCUT2D eigenvalue weighted by Crippen LogP contribution is -2.24. The Morgan fingerprint density at radius 3 is 2.32 bits per heavy atom. The number of hydrogen-bond donors (Lipinski definition) is 0. The lowest BCUT2D eigenvalue weighted by molar-refractivity contribution is -0.139. The van der Waals surface area contributed by atoms with Gasteiger partial charge < -0.3 is 4.74 Å². The average molecular weight is 474 g/mol. The number of nitrogens with zero attached hydrogens (tertiary/aromatic N) is 1. The maximum absolute atomic E-state index is 13.8. The van der Waals surface area contributed by atoms with Crippen LogP contribution in [0, 0.1) is 5.92 Å². The molecule has 1 aliphatic carbocycles. The zero-order valence-corrected chi connectivity index (χ0v) is 20.4. The van der Waals surface area contributed by atoms with Gasteiger partial charge in [0.2, 0.25) is 0 Å². The van der Waals surface area contributed by atoms with Crippen molar-refractivity contribution < 1.29 is 17.9 Å². The first-order valence-electron chi connectivity index (χ1n) is 13.1. The standard InChI is InChI=1S/C29H38F3NO/c1-2-6-22-7-5-17-33(18-16-22)20-23-10-12-24(13-11-23)25-14-15-26(28(19-25)29(30,31)32)21-34-27-8-3-4-9-27/h10-15,19,22,27H,2-9,16-18,20-21H2,1H3. The van der Waals surface area contributed by atoms with E-state index in [-0.39, 0.29) is 18.3 Å². The van der Waals surface area contributed by atoms with Crippen LogP contribution in [0.4, 0.5) is 13.2 Å². The molecule has 0 radical (unpaired) electrons. The maximum Gasteiger partial charge on any atom is 0.416 e. The van der Waals surface area contributed by atoms with Crippen molar-refractivity contribution in [1.29, 1.82) is 0 Å². The lowest BCUT2D eigenvalue weighted by Gasteiger charge is -2.20. The molecule has 1 atom stereocenters. The van der Waals surface area contributed by atoms with Crippen LogP contribution in [0.2, 0.25) is 0 Å². The van der Waals surface area contributed by atoms with Gasteiger partial charge in [-0.2, -0.15) is 13.2 Å². The van der Waals surface area contributed by atoms with Crippen molar-refractivity contribution in [2.75, 3.05) is 13.1 Å². The molecule has 34 heavy (non-hydrogen) atoms. The number of alkyl halides is 3. The Morgan fingerprint density at radius 1 is 0.882 bits per heavy atom. The average Bonchev–Trinajstić information content (AvgIpc) is 3.25. The van der Waals surface area contributed by atoms with Gasteiger partial charge in [-0.05, 0) is 79.4 Å². The second-order valence-electron chi connectivity index (χ2n) is 10.1. The van der Waals surface area contributed by atoms with E-state index < -0.39 is 11.7 Å². The van der Waals surface area contributed by atoms with Gasteiger partial charge in [-0.1, -0.05) is 69.0 Å². The molecule has 2 fully saturated rings. The van der Waals surface area contributed by atoms with Gasteiger partial charge in [0.25, 0.3) is 0 Å². The summed E-state index contributed by atoms with van der Waals surface area (Å²) in [6.07, 6.45) is 6.22. The third-order valence-corrected chi connectivity index (χ3v) is 7.52. The van der Waals surface area contributed by atoms with Crippen molar-refractivity contribution in [1.82, 2.24) is 4.90 Å². The molecule has 2 aromatic carbocycles. The lowest BCUT2D eigenvalue weighted by atomic mass is 9.96. The second-order valence-corrected chi connectivity index (χ2v) is 10.1. The SMILES string of the molecule is CCCC1CCCN(Cc2ccc(-c3ccc(COC4CCCC4)c(C(F)(F)F)c3)cc2)CC1. The van der Waals surface area contributed by atoms with Crippen molar-refractivity contribution in [3.8, 4) is 11.1 Å². The van der Waals surface area contributed by atoms with Gasteiger partial charge in [-0.3, -0.25) is 4.90 Å². The van der Waals surface area contributed by atoms with Crippen LogP contribution in [0.5, 0.6) is 0 Å². The summed E-state index contributed by atoms with van der Waals surface area (Å²) in [5, 5.41) is 0. The van der Waals surface area contributed by atoms with Crippen LogP contribution in [0.1, 0.15) is 81.4 Å². The third-order valence-electron chi connectivity index (χ3n) is 7.52. The molecule has 1 saturated heterocycles. The van der Waals surface area contributed by atoms with Crippen molar-refractivity contribution in [2.45, 2.75) is 90.1 Å². The van der Waals surface area contributed by atoms with E-state index >= 15 is 0 Å². The molecule has 0 N–H and O–H groups in total. The van der Waals surface area contributed by atoms with E-state index in [9.17, 15) is 13.2 Å². The van der Waals surface area contributed by atoms with E-state index in [1.807, 2.05) is 12.1 Å². The number of hydrogen-bond acceptors (Lipinski definition) is 2. The topological polar surface area (TPSA) is 12.5 Å². The Labute approximate surface area is 202 Å². The number of ether oxygens (including phenoxy) is 1. The highest BCUT2D eigenvalue weighted by Crippen LogP contribution is 2.36. The van der Waals surface area contributed by atoms with Gasteiger partial charge in [0.1, 0.15) is 0 Å². The third kappa shape index (κ3) is 6.85. The van der Waals surface area contributed by atoms with Crippen LogP contribution in [-0.2, 0) is 24.1 Å². The molecule has 5 heteroatoms. The predicted molar refractivity (Wildman–Crippen MR) is 131 cm³/mol. The van der Waals surface area contributed by atoms with E-state index in [4.69, 9.17) is 4.74 Å². The quantitative estimate of drug-likeness (QED) is 0.383. The van der Waals surface area contributed by atoms with Crippen molar-refractivity contribution in [3.05, 3.63) is 59.2 Å². The smallest absolute Gasteiger partial charge is 0.374 e. The fraction of sp³-hybridized carbons (Fsp3) is 0.586. The molecule has 0 aromatic heterocycles. The summed E-state index contributed by atoms with van der Waals surface area (Å²) in [5.74, 6) is 0.853. The molecule has 2 nitrogen and oxygen atoms in total. The molecular formula is C29H38F3NO. The summed E-state index contributed by atoms with van der Waals surface area (Å²) in [5.41, 5.74) is 2.27.